The molecule has 0 aliphatic heterocycles. The van der Waals surface area contributed by atoms with E-state index in [2.05, 4.69) is 11.7 Å². The average Bonchev–Trinajstić information content (AvgIpc) is 2.57. The number of carbonyl (C=O) groups excluding carboxylic acids is 1. The van der Waals surface area contributed by atoms with Gasteiger partial charge in [0.05, 0.1) is 5.92 Å². The molecule has 1 aromatic carbocycles. The Morgan fingerprint density at radius 3 is 2.42 bits per heavy atom. The standard InChI is InChI=1S/C19H24F4O3/c1-2-3-4-5-13-6-8-14(9-7-13)18(24)25-15-10-11-17(16(20)12-15)26-19(21,22)23/h10-14H,2-9H2,1H3. The second-order valence-electron chi connectivity index (χ2n) is 6.77. The van der Waals surface area contributed by atoms with Crippen molar-refractivity contribution >= 4 is 5.97 Å². The van der Waals surface area contributed by atoms with Gasteiger partial charge in [-0.3, -0.25) is 4.79 Å². The van der Waals surface area contributed by atoms with Crippen LogP contribution in [0.3, 0.4) is 0 Å². The Labute approximate surface area is 150 Å². The summed E-state index contributed by atoms with van der Waals surface area (Å²) in [6, 6.07) is 2.63. The molecule has 0 atom stereocenters. The van der Waals surface area contributed by atoms with E-state index in [0.717, 1.165) is 43.9 Å². The zero-order valence-electron chi connectivity index (χ0n) is 14.8. The number of ether oxygens (including phenoxy) is 2. The van der Waals surface area contributed by atoms with Crippen LogP contribution >= 0.6 is 0 Å². The molecule has 26 heavy (non-hydrogen) atoms. The SMILES string of the molecule is CCCCCC1CCC(C(=O)Oc2ccc(OC(F)(F)F)c(F)c2)CC1. The summed E-state index contributed by atoms with van der Waals surface area (Å²) < 4.78 is 58.7. The molecule has 0 bridgehead atoms. The van der Waals surface area contributed by atoms with Crippen molar-refractivity contribution in [2.75, 3.05) is 0 Å². The Hall–Kier alpha value is -1.79. The van der Waals surface area contributed by atoms with Gasteiger partial charge in [-0.2, -0.15) is 0 Å². The Morgan fingerprint density at radius 2 is 1.85 bits per heavy atom. The van der Waals surface area contributed by atoms with Gasteiger partial charge in [0.2, 0.25) is 0 Å². The minimum atomic E-state index is -4.98. The zero-order chi connectivity index (χ0) is 19.2. The second-order valence-corrected chi connectivity index (χ2v) is 6.77. The van der Waals surface area contributed by atoms with E-state index in [1.54, 1.807) is 0 Å². The molecule has 1 aliphatic carbocycles. The summed E-state index contributed by atoms with van der Waals surface area (Å²) in [6.45, 7) is 2.16. The maximum Gasteiger partial charge on any atom is 0.573 e. The Bertz CT molecular complexity index is 593. The molecule has 0 amide bonds. The predicted octanol–water partition coefficient (Wildman–Crippen LogP) is 6.02. The first-order chi connectivity index (χ1) is 12.3. The summed E-state index contributed by atoms with van der Waals surface area (Å²) in [4.78, 5) is 12.2. The van der Waals surface area contributed by atoms with Crippen LogP contribution in [0.15, 0.2) is 18.2 Å². The predicted molar refractivity (Wildman–Crippen MR) is 88.3 cm³/mol. The molecule has 0 aromatic heterocycles. The van der Waals surface area contributed by atoms with E-state index in [0.29, 0.717) is 5.92 Å². The molecule has 3 nitrogen and oxygen atoms in total. The number of unbranched alkanes of at least 4 members (excludes halogenated alkanes) is 2. The van der Waals surface area contributed by atoms with Crippen LogP contribution in [0.5, 0.6) is 11.5 Å². The average molecular weight is 376 g/mol. The number of carbonyl (C=O) groups is 1. The van der Waals surface area contributed by atoms with Crippen LogP contribution < -0.4 is 9.47 Å². The van der Waals surface area contributed by atoms with E-state index >= 15 is 0 Å². The van der Waals surface area contributed by atoms with Crippen molar-refractivity contribution in [3.8, 4) is 11.5 Å². The molecule has 0 radical (unpaired) electrons. The molecule has 1 aliphatic rings. The minimum absolute atomic E-state index is 0.118. The van der Waals surface area contributed by atoms with Crippen molar-refractivity contribution in [2.45, 2.75) is 64.7 Å². The smallest absolute Gasteiger partial charge is 0.426 e. The summed E-state index contributed by atoms with van der Waals surface area (Å²) >= 11 is 0. The van der Waals surface area contributed by atoms with E-state index in [1.165, 1.54) is 25.7 Å². The summed E-state index contributed by atoms with van der Waals surface area (Å²) in [5.41, 5.74) is 0. The molecular weight excluding hydrogens is 352 g/mol. The van der Waals surface area contributed by atoms with Gasteiger partial charge < -0.3 is 9.47 Å². The quantitative estimate of drug-likeness (QED) is 0.253. The van der Waals surface area contributed by atoms with E-state index < -0.39 is 23.9 Å². The van der Waals surface area contributed by atoms with E-state index in [9.17, 15) is 22.4 Å². The van der Waals surface area contributed by atoms with Crippen LogP contribution in [-0.4, -0.2) is 12.3 Å². The summed E-state index contributed by atoms with van der Waals surface area (Å²) in [6.07, 6.45) is 3.22. The fraction of sp³-hybridized carbons (Fsp3) is 0.632. The summed E-state index contributed by atoms with van der Waals surface area (Å²) in [5.74, 6) is -2.36. The lowest BCUT2D eigenvalue weighted by atomic mass is 9.80. The first-order valence-electron chi connectivity index (χ1n) is 9.05. The molecule has 7 heteroatoms. The van der Waals surface area contributed by atoms with Crippen molar-refractivity contribution < 1.29 is 31.8 Å². The fourth-order valence-electron chi connectivity index (χ4n) is 3.32. The van der Waals surface area contributed by atoms with Crippen LogP contribution in [0.4, 0.5) is 17.6 Å². The molecule has 2 rings (SSSR count). The highest BCUT2D eigenvalue weighted by Gasteiger charge is 2.32. The lowest BCUT2D eigenvalue weighted by Gasteiger charge is -2.27. The van der Waals surface area contributed by atoms with Crippen LogP contribution in [-0.2, 0) is 4.79 Å². The molecule has 0 spiro atoms. The number of rotatable bonds is 7. The first-order valence-corrected chi connectivity index (χ1v) is 9.05. The lowest BCUT2D eigenvalue weighted by Crippen LogP contribution is -2.25. The highest BCUT2D eigenvalue weighted by molar-refractivity contribution is 5.75. The number of hydrogen-bond acceptors (Lipinski definition) is 3. The number of halogens is 4. The Kier molecular flexibility index (Phi) is 7.29. The first kappa shape index (κ1) is 20.5. The van der Waals surface area contributed by atoms with Crippen LogP contribution in [0.1, 0.15) is 58.3 Å². The summed E-state index contributed by atoms with van der Waals surface area (Å²) in [7, 11) is 0. The normalized spacial score (nSPS) is 20.7. The van der Waals surface area contributed by atoms with Gasteiger partial charge in [-0.15, -0.1) is 13.2 Å². The van der Waals surface area contributed by atoms with Gasteiger partial charge >= 0.3 is 12.3 Å². The molecule has 1 fully saturated rings. The largest absolute Gasteiger partial charge is 0.573 e. The third-order valence-electron chi connectivity index (χ3n) is 4.74. The molecule has 0 saturated heterocycles. The second kappa shape index (κ2) is 9.24. The molecule has 1 saturated carbocycles. The monoisotopic (exact) mass is 376 g/mol. The topological polar surface area (TPSA) is 35.5 Å². The molecule has 0 heterocycles. The van der Waals surface area contributed by atoms with Gasteiger partial charge in [-0.1, -0.05) is 32.6 Å². The lowest BCUT2D eigenvalue weighted by molar-refractivity contribution is -0.275. The maximum absolute atomic E-state index is 13.7. The van der Waals surface area contributed by atoms with Crippen LogP contribution in [0.25, 0.3) is 0 Å². The highest BCUT2D eigenvalue weighted by Crippen LogP contribution is 2.34. The van der Waals surface area contributed by atoms with Gasteiger partial charge in [0.1, 0.15) is 5.75 Å². The maximum atomic E-state index is 13.7. The minimum Gasteiger partial charge on any atom is -0.426 e. The van der Waals surface area contributed by atoms with E-state index in [-0.39, 0.29) is 11.7 Å². The Morgan fingerprint density at radius 1 is 1.15 bits per heavy atom. The van der Waals surface area contributed by atoms with E-state index in [4.69, 9.17) is 4.74 Å². The van der Waals surface area contributed by atoms with Crippen molar-refractivity contribution in [3.63, 3.8) is 0 Å². The summed E-state index contributed by atoms with van der Waals surface area (Å²) in [5, 5.41) is 0. The molecule has 0 unspecified atom stereocenters. The fourth-order valence-corrected chi connectivity index (χ4v) is 3.32. The third kappa shape index (κ3) is 6.50. The number of benzene rings is 1. The highest BCUT2D eigenvalue weighted by atomic mass is 19.4. The number of esters is 1. The van der Waals surface area contributed by atoms with Gasteiger partial charge in [-0.25, -0.2) is 4.39 Å². The van der Waals surface area contributed by atoms with Crippen LogP contribution in [0.2, 0.25) is 0 Å². The number of hydrogen-bond donors (Lipinski definition) is 0. The van der Waals surface area contributed by atoms with Gasteiger partial charge in [0.25, 0.3) is 0 Å². The molecule has 146 valence electrons. The van der Waals surface area contributed by atoms with E-state index in [1.807, 2.05) is 0 Å². The van der Waals surface area contributed by atoms with Gasteiger partial charge in [0, 0.05) is 6.07 Å². The third-order valence-corrected chi connectivity index (χ3v) is 4.74. The van der Waals surface area contributed by atoms with Crippen molar-refractivity contribution in [2.24, 2.45) is 11.8 Å². The van der Waals surface area contributed by atoms with Crippen molar-refractivity contribution in [3.05, 3.63) is 24.0 Å². The van der Waals surface area contributed by atoms with Crippen molar-refractivity contribution in [1.29, 1.82) is 0 Å². The zero-order valence-corrected chi connectivity index (χ0v) is 14.8. The molecule has 1 aromatic rings. The van der Waals surface area contributed by atoms with Crippen molar-refractivity contribution in [1.82, 2.24) is 0 Å². The molecular formula is C19H24F4O3. The number of alkyl halides is 3. The van der Waals surface area contributed by atoms with Gasteiger partial charge in [0.15, 0.2) is 11.6 Å². The van der Waals surface area contributed by atoms with Gasteiger partial charge in [-0.05, 0) is 43.7 Å². The van der Waals surface area contributed by atoms with Crippen LogP contribution in [0, 0.1) is 17.7 Å². The Balaban J connectivity index is 1.84. The molecule has 0 N–H and O–H groups in total.